The second-order valence-electron chi connectivity index (χ2n) is 3.21. The fraction of sp³-hybridized carbons (Fsp3) is 0.625. The molecule has 0 fully saturated rings. The van der Waals surface area contributed by atoms with Crippen LogP contribution in [0.4, 0.5) is 26.3 Å². The summed E-state index contributed by atoms with van der Waals surface area (Å²) >= 11 is 4.02. The van der Waals surface area contributed by atoms with Crippen molar-refractivity contribution in [1.82, 2.24) is 5.32 Å². The lowest BCUT2D eigenvalue weighted by Gasteiger charge is -2.30. The molecule has 9 heteroatoms. The molecule has 0 aromatic carbocycles. The van der Waals surface area contributed by atoms with E-state index < -0.39 is 22.9 Å². The van der Waals surface area contributed by atoms with Crippen molar-refractivity contribution in [3.63, 3.8) is 0 Å². The van der Waals surface area contributed by atoms with Gasteiger partial charge in [0, 0.05) is 12.8 Å². The molecule has 0 amide bonds. The van der Waals surface area contributed by atoms with E-state index in [2.05, 4.69) is 16.6 Å². The standard InChI is InChI=1S/C8H7ClF6N2/c9-8(14,15)7(12,13)6(10,11)5-1-2-16-3-4-17-5/h1-2,17H,3-4H2. The lowest BCUT2D eigenvalue weighted by molar-refractivity contribution is -0.265. The summed E-state index contributed by atoms with van der Waals surface area (Å²) in [7, 11) is 0. The molecule has 0 atom stereocenters. The molecule has 0 saturated heterocycles. The van der Waals surface area contributed by atoms with Gasteiger partial charge < -0.3 is 5.32 Å². The molecule has 0 radical (unpaired) electrons. The van der Waals surface area contributed by atoms with Crippen LogP contribution in [0.15, 0.2) is 16.8 Å². The highest BCUT2D eigenvalue weighted by molar-refractivity contribution is 6.22. The van der Waals surface area contributed by atoms with Crippen molar-refractivity contribution in [2.45, 2.75) is 17.2 Å². The van der Waals surface area contributed by atoms with E-state index in [9.17, 15) is 26.3 Å². The molecule has 1 aliphatic rings. The number of halogens is 7. The van der Waals surface area contributed by atoms with Gasteiger partial charge in [-0.1, -0.05) is 0 Å². The number of rotatable bonds is 3. The summed E-state index contributed by atoms with van der Waals surface area (Å²) in [5.41, 5.74) is -1.34. The molecule has 1 heterocycles. The third-order valence-corrected chi connectivity index (χ3v) is 2.23. The number of hydrogen-bond donors (Lipinski definition) is 1. The largest absolute Gasteiger partial charge is 0.392 e. The average molecular weight is 281 g/mol. The van der Waals surface area contributed by atoms with Crippen molar-refractivity contribution >= 4 is 17.8 Å². The molecular formula is C8H7ClF6N2. The number of aliphatic imine (C=N–C) groups is 1. The van der Waals surface area contributed by atoms with Gasteiger partial charge in [-0.3, -0.25) is 4.99 Å². The van der Waals surface area contributed by atoms with Crippen LogP contribution in [0.3, 0.4) is 0 Å². The van der Waals surface area contributed by atoms with E-state index in [0.717, 1.165) is 6.21 Å². The van der Waals surface area contributed by atoms with E-state index in [1.807, 2.05) is 5.32 Å². The molecule has 0 aliphatic carbocycles. The smallest absolute Gasteiger partial charge is 0.381 e. The van der Waals surface area contributed by atoms with Gasteiger partial charge in [-0.05, 0) is 17.7 Å². The molecule has 0 aromatic rings. The summed E-state index contributed by atoms with van der Waals surface area (Å²) in [4.78, 5) is 3.52. The molecule has 0 bridgehead atoms. The van der Waals surface area contributed by atoms with E-state index in [1.54, 1.807) is 0 Å². The summed E-state index contributed by atoms with van der Waals surface area (Å²) in [6.07, 6.45) is 1.36. The van der Waals surface area contributed by atoms with Gasteiger partial charge in [-0.2, -0.15) is 26.3 Å². The average Bonchev–Trinajstić information content (AvgIpc) is 2.43. The third kappa shape index (κ3) is 2.51. The normalized spacial score (nSPS) is 18.4. The van der Waals surface area contributed by atoms with Gasteiger partial charge >= 0.3 is 17.2 Å². The first kappa shape index (κ1) is 14.1. The van der Waals surface area contributed by atoms with Crippen LogP contribution >= 0.6 is 11.6 Å². The number of hydrogen-bond acceptors (Lipinski definition) is 2. The van der Waals surface area contributed by atoms with Gasteiger partial charge in [0.05, 0.1) is 12.2 Å². The van der Waals surface area contributed by atoms with Gasteiger partial charge in [0.25, 0.3) is 0 Å². The molecule has 0 aromatic heterocycles. The monoisotopic (exact) mass is 280 g/mol. The molecule has 1 aliphatic heterocycles. The fourth-order valence-corrected chi connectivity index (χ4v) is 1.20. The van der Waals surface area contributed by atoms with Crippen molar-refractivity contribution < 1.29 is 26.3 Å². The second kappa shape index (κ2) is 4.40. The Morgan fingerprint density at radius 1 is 1.18 bits per heavy atom. The Labute approximate surface area is 97.3 Å². The molecule has 17 heavy (non-hydrogen) atoms. The Bertz CT molecular complexity index is 346. The summed E-state index contributed by atoms with van der Waals surface area (Å²) < 4.78 is 76.8. The Morgan fingerprint density at radius 2 is 1.76 bits per heavy atom. The Kier molecular flexibility index (Phi) is 3.66. The molecule has 98 valence electrons. The zero-order chi connectivity index (χ0) is 13.3. The van der Waals surface area contributed by atoms with E-state index >= 15 is 0 Å². The first-order chi connectivity index (χ1) is 7.61. The molecule has 1 N–H and O–H groups in total. The minimum atomic E-state index is -5.71. The van der Waals surface area contributed by atoms with Crippen molar-refractivity contribution in [2.75, 3.05) is 13.1 Å². The summed E-state index contributed by atoms with van der Waals surface area (Å²) in [6, 6.07) is 0. The van der Waals surface area contributed by atoms with E-state index in [4.69, 9.17) is 0 Å². The maximum absolute atomic E-state index is 13.3. The molecule has 2 nitrogen and oxygen atoms in total. The number of allylic oxidation sites excluding steroid dienone is 2. The van der Waals surface area contributed by atoms with Crippen LogP contribution in [0.1, 0.15) is 0 Å². The van der Waals surface area contributed by atoms with Crippen LogP contribution in [0, 0.1) is 0 Å². The van der Waals surface area contributed by atoms with Crippen LogP contribution in [0.2, 0.25) is 0 Å². The predicted molar refractivity (Wildman–Crippen MR) is 50.1 cm³/mol. The SMILES string of the molecule is FC(F)(Cl)C(F)(F)C(F)(F)C1=CC=NCCN1. The fourth-order valence-electron chi connectivity index (χ4n) is 1.08. The maximum atomic E-state index is 13.3. The van der Waals surface area contributed by atoms with E-state index in [0.29, 0.717) is 6.08 Å². The van der Waals surface area contributed by atoms with Crippen molar-refractivity contribution in [3.05, 3.63) is 11.8 Å². The van der Waals surface area contributed by atoms with E-state index in [-0.39, 0.29) is 13.1 Å². The molecule has 0 spiro atoms. The Hall–Kier alpha value is -0.920. The minimum absolute atomic E-state index is 0.0684. The highest BCUT2D eigenvalue weighted by atomic mass is 35.5. The molecule has 0 saturated carbocycles. The first-order valence-corrected chi connectivity index (χ1v) is 4.75. The third-order valence-electron chi connectivity index (χ3n) is 1.99. The number of alkyl halides is 7. The van der Waals surface area contributed by atoms with Crippen molar-refractivity contribution in [1.29, 1.82) is 0 Å². The molecule has 0 unspecified atom stereocenters. The van der Waals surface area contributed by atoms with Crippen LogP contribution in [0.25, 0.3) is 0 Å². The second-order valence-corrected chi connectivity index (χ2v) is 3.68. The van der Waals surface area contributed by atoms with Crippen molar-refractivity contribution in [3.8, 4) is 0 Å². The predicted octanol–water partition coefficient (Wildman–Crippen LogP) is 2.65. The van der Waals surface area contributed by atoms with Crippen LogP contribution in [-0.4, -0.2) is 36.5 Å². The summed E-state index contributed by atoms with van der Waals surface area (Å²) in [5, 5.41) is -3.44. The highest BCUT2D eigenvalue weighted by Gasteiger charge is 2.72. The van der Waals surface area contributed by atoms with E-state index in [1.165, 1.54) is 0 Å². The minimum Gasteiger partial charge on any atom is -0.381 e. The van der Waals surface area contributed by atoms with Gasteiger partial charge in [0.2, 0.25) is 0 Å². The zero-order valence-corrected chi connectivity index (χ0v) is 8.92. The Balaban J connectivity index is 3.09. The molecular weight excluding hydrogens is 274 g/mol. The van der Waals surface area contributed by atoms with Crippen LogP contribution in [-0.2, 0) is 0 Å². The van der Waals surface area contributed by atoms with Crippen LogP contribution in [0.5, 0.6) is 0 Å². The zero-order valence-electron chi connectivity index (χ0n) is 8.16. The van der Waals surface area contributed by atoms with Gasteiger partial charge in [0.1, 0.15) is 0 Å². The van der Waals surface area contributed by atoms with Gasteiger partial charge in [-0.15, -0.1) is 0 Å². The maximum Gasteiger partial charge on any atom is 0.392 e. The van der Waals surface area contributed by atoms with Crippen molar-refractivity contribution in [2.24, 2.45) is 4.99 Å². The first-order valence-electron chi connectivity index (χ1n) is 4.37. The lowest BCUT2D eigenvalue weighted by Crippen LogP contribution is -2.54. The lowest BCUT2D eigenvalue weighted by atomic mass is 10.1. The van der Waals surface area contributed by atoms with Gasteiger partial charge in [-0.25, -0.2) is 0 Å². The molecule has 1 rings (SSSR count). The van der Waals surface area contributed by atoms with Gasteiger partial charge in [0.15, 0.2) is 0 Å². The highest BCUT2D eigenvalue weighted by Crippen LogP contribution is 2.50. The Morgan fingerprint density at radius 3 is 2.29 bits per heavy atom. The number of nitrogens with zero attached hydrogens (tertiary/aromatic N) is 1. The summed E-state index contributed by atoms with van der Waals surface area (Å²) in [6.45, 7) is -0.0964. The number of nitrogens with one attached hydrogen (secondary N) is 1. The topological polar surface area (TPSA) is 24.4 Å². The van der Waals surface area contributed by atoms with Crippen LogP contribution < -0.4 is 5.32 Å². The summed E-state index contributed by atoms with van der Waals surface area (Å²) in [5.74, 6) is -10.8. The quantitative estimate of drug-likeness (QED) is 0.624.